The van der Waals surface area contributed by atoms with Gasteiger partial charge in [0.1, 0.15) is 6.04 Å². The van der Waals surface area contributed by atoms with Gasteiger partial charge in [0.2, 0.25) is 5.91 Å². The maximum absolute atomic E-state index is 12.0. The topological polar surface area (TPSA) is 86.7 Å². The van der Waals surface area contributed by atoms with Crippen molar-refractivity contribution in [2.75, 3.05) is 13.1 Å². The first-order valence-corrected chi connectivity index (χ1v) is 9.05. The standard InChI is InChI=1S/C20H26N2O4/c1-15(20(25)26)21-19(24)17-10-7-9-16(14-17)8-3-2-4-11-18(23)22-12-5-6-13-22/h3,7-10,14-15H,2,4-6,11-13H2,1H3,(H,21,24)(H,25,26). The predicted octanol–water partition coefficient (Wildman–Crippen LogP) is 2.70. The van der Waals surface area contributed by atoms with Gasteiger partial charge in [-0.15, -0.1) is 0 Å². The molecule has 6 nitrogen and oxygen atoms in total. The second kappa shape index (κ2) is 9.75. The first kappa shape index (κ1) is 19.7. The zero-order chi connectivity index (χ0) is 18.9. The molecule has 1 aromatic carbocycles. The normalized spacial score (nSPS) is 15.2. The fourth-order valence-corrected chi connectivity index (χ4v) is 2.84. The number of aliphatic carboxylic acids is 1. The average Bonchev–Trinajstić information content (AvgIpc) is 3.16. The summed E-state index contributed by atoms with van der Waals surface area (Å²) < 4.78 is 0. The number of carbonyl (C=O) groups is 3. The monoisotopic (exact) mass is 358 g/mol. The van der Waals surface area contributed by atoms with Crippen LogP contribution in [0.25, 0.3) is 6.08 Å². The number of nitrogens with zero attached hydrogens (tertiary/aromatic N) is 1. The summed E-state index contributed by atoms with van der Waals surface area (Å²) in [7, 11) is 0. The number of carboxylic acid groups (broad SMARTS) is 1. The Balaban J connectivity index is 1.80. The van der Waals surface area contributed by atoms with Crippen LogP contribution in [0, 0.1) is 0 Å². The number of carbonyl (C=O) groups excluding carboxylic acids is 2. The zero-order valence-corrected chi connectivity index (χ0v) is 15.1. The predicted molar refractivity (Wildman–Crippen MR) is 99.7 cm³/mol. The molecule has 0 saturated carbocycles. The summed E-state index contributed by atoms with van der Waals surface area (Å²) in [6.07, 6.45) is 8.31. The molecule has 1 aromatic rings. The van der Waals surface area contributed by atoms with Gasteiger partial charge in [0.15, 0.2) is 0 Å². The molecule has 0 bridgehead atoms. The van der Waals surface area contributed by atoms with Gasteiger partial charge < -0.3 is 15.3 Å². The maximum Gasteiger partial charge on any atom is 0.325 e. The number of nitrogens with one attached hydrogen (secondary N) is 1. The highest BCUT2D eigenvalue weighted by atomic mass is 16.4. The van der Waals surface area contributed by atoms with E-state index in [0.717, 1.165) is 44.3 Å². The summed E-state index contributed by atoms with van der Waals surface area (Å²) in [5, 5.41) is 11.3. The van der Waals surface area contributed by atoms with Crippen LogP contribution in [-0.2, 0) is 9.59 Å². The van der Waals surface area contributed by atoms with E-state index in [2.05, 4.69) is 5.32 Å². The molecule has 2 rings (SSSR count). The lowest BCUT2D eigenvalue weighted by Gasteiger charge is -2.14. The summed E-state index contributed by atoms with van der Waals surface area (Å²) in [6, 6.07) is 6.07. The highest BCUT2D eigenvalue weighted by Crippen LogP contribution is 2.12. The third-order valence-corrected chi connectivity index (χ3v) is 4.40. The molecule has 0 radical (unpaired) electrons. The number of allylic oxidation sites excluding steroid dienone is 1. The van der Waals surface area contributed by atoms with Gasteiger partial charge in [0.25, 0.3) is 5.91 Å². The van der Waals surface area contributed by atoms with E-state index in [-0.39, 0.29) is 5.91 Å². The molecule has 1 unspecified atom stereocenters. The molecule has 1 aliphatic heterocycles. The zero-order valence-electron chi connectivity index (χ0n) is 15.1. The average molecular weight is 358 g/mol. The van der Waals surface area contributed by atoms with E-state index in [1.807, 2.05) is 23.1 Å². The number of hydrogen-bond acceptors (Lipinski definition) is 3. The summed E-state index contributed by atoms with van der Waals surface area (Å²) in [6.45, 7) is 3.21. The number of benzene rings is 1. The molecule has 0 aromatic heterocycles. The Bertz CT molecular complexity index is 678. The number of rotatable bonds is 8. The molecule has 1 saturated heterocycles. The quantitative estimate of drug-likeness (QED) is 0.700. The van der Waals surface area contributed by atoms with Gasteiger partial charge in [-0.05, 0) is 50.3 Å². The van der Waals surface area contributed by atoms with Crippen molar-refractivity contribution in [3.8, 4) is 0 Å². The van der Waals surface area contributed by atoms with Crippen LogP contribution >= 0.6 is 0 Å². The molecule has 2 N–H and O–H groups in total. The Labute approximate surface area is 153 Å². The van der Waals surface area contributed by atoms with Gasteiger partial charge in [-0.1, -0.05) is 24.3 Å². The summed E-state index contributed by atoms with van der Waals surface area (Å²) in [4.78, 5) is 36.7. The molecule has 0 aliphatic carbocycles. The van der Waals surface area contributed by atoms with Crippen LogP contribution in [0.4, 0.5) is 0 Å². The van der Waals surface area contributed by atoms with E-state index in [9.17, 15) is 14.4 Å². The molecular formula is C20H26N2O4. The molecule has 2 amide bonds. The van der Waals surface area contributed by atoms with E-state index < -0.39 is 17.9 Å². The van der Waals surface area contributed by atoms with Crippen molar-refractivity contribution in [1.82, 2.24) is 10.2 Å². The lowest BCUT2D eigenvalue weighted by molar-refractivity contribution is -0.138. The van der Waals surface area contributed by atoms with Gasteiger partial charge in [-0.2, -0.15) is 0 Å². The van der Waals surface area contributed by atoms with Crippen LogP contribution in [0.3, 0.4) is 0 Å². The lowest BCUT2D eigenvalue weighted by Crippen LogP contribution is -2.38. The van der Waals surface area contributed by atoms with Crippen molar-refractivity contribution in [1.29, 1.82) is 0 Å². The van der Waals surface area contributed by atoms with E-state index in [1.165, 1.54) is 6.92 Å². The smallest absolute Gasteiger partial charge is 0.325 e. The van der Waals surface area contributed by atoms with Crippen LogP contribution in [0.1, 0.15) is 54.9 Å². The second-order valence-corrected chi connectivity index (χ2v) is 6.54. The highest BCUT2D eigenvalue weighted by molar-refractivity contribution is 5.96. The summed E-state index contributed by atoms with van der Waals surface area (Å²) in [5.74, 6) is -1.24. The van der Waals surface area contributed by atoms with Gasteiger partial charge in [-0.25, -0.2) is 0 Å². The lowest BCUT2D eigenvalue weighted by atomic mass is 10.1. The van der Waals surface area contributed by atoms with E-state index in [1.54, 1.807) is 18.2 Å². The molecule has 26 heavy (non-hydrogen) atoms. The fraction of sp³-hybridized carbons (Fsp3) is 0.450. The summed E-state index contributed by atoms with van der Waals surface area (Å²) in [5.41, 5.74) is 1.29. The van der Waals surface area contributed by atoms with Crippen molar-refractivity contribution in [3.05, 3.63) is 41.5 Å². The first-order chi connectivity index (χ1) is 12.5. The molecule has 1 heterocycles. The molecule has 0 spiro atoms. The molecule has 1 aliphatic rings. The second-order valence-electron chi connectivity index (χ2n) is 6.54. The van der Waals surface area contributed by atoms with Crippen molar-refractivity contribution in [2.24, 2.45) is 0 Å². The molecule has 1 atom stereocenters. The third kappa shape index (κ3) is 6.02. The van der Waals surface area contributed by atoms with Crippen LogP contribution in [0.5, 0.6) is 0 Å². The Kier molecular flexibility index (Phi) is 7.38. The van der Waals surface area contributed by atoms with Crippen LogP contribution < -0.4 is 5.32 Å². The Morgan fingerprint density at radius 3 is 2.69 bits per heavy atom. The van der Waals surface area contributed by atoms with Crippen LogP contribution in [0.2, 0.25) is 0 Å². The van der Waals surface area contributed by atoms with Crippen molar-refractivity contribution < 1.29 is 19.5 Å². The number of hydrogen-bond donors (Lipinski definition) is 2. The van der Waals surface area contributed by atoms with Gasteiger partial charge in [0.05, 0.1) is 0 Å². The SMILES string of the molecule is CC(NC(=O)c1cccc(C=CCCCC(=O)N2CCCC2)c1)C(=O)O. The Morgan fingerprint density at radius 2 is 2.00 bits per heavy atom. The number of amides is 2. The number of carboxylic acids is 1. The fourth-order valence-electron chi connectivity index (χ4n) is 2.84. The highest BCUT2D eigenvalue weighted by Gasteiger charge is 2.17. The van der Waals surface area contributed by atoms with Crippen molar-refractivity contribution in [2.45, 2.75) is 45.1 Å². The minimum Gasteiger partial charge on any atom is -0.480 e. The number of unbranched alkanes of at least 4 members (excludes halogenated alkanes) is 1. The Morgan fingerprint density at radius 1 is 1.27 bits per heavy atom. The molecule has 6 heteroatoms. The summed E-state index contributed by atoms with van der Waals surface area (Å²) >= 11 is 0. The van der Waals surface area contributed by atoms with E-state index in [0.29, 0.717) is 12.0 Å². The van der Waals surface area contributed by atoms with Gasteiger partial charge in [0, 0.05) is 25.1 Å². The van der Waals surface area contributed by atoms with Crippen LogP contribution in [-0.4, -0.2) is 46.9 Å². The molecule has 140 valence electrons. The molecular weight excluding hydrogens is 332 g/mol. The third-order valence-electron chi connectivity index (χ3n) is 4.40. The molecule has 1 fully saturated rings. The van der Waals surface area contributed by atoms with E-state index >= 15 is 0 Å². The number of likely N-dealkylation sites (tertiary alicyclic amines) is 1. The first-order valence-electron chi connectivity index (χ1n) is 9.05. The van der Waals surface area contributed by atoms with Crippen molar-refractivity contribution >= 4 is 23.9 Å². The van der Waals surface area contributed by atoms with Crippen LogP contribution in [0.15, 0.2) is 30.3 Å². The maximum atomic E-state index is 12.0. The largest absolute Gasteiger partial charge is 0.480 e. The van der Waals surface area contributed by atoms with Crippen molar-refractivity contribution in [3.63, 3.8) is 0 Å². The minimum absolute atomic E-state index is 0.238. The van der Waals surface area contributed by atoms with E-state index in [4.69, 9.17) is 5.11 Å². The minimum atomic E-state index is -1.07. The van der Waals surface area contributed by atoms with Gasteiger partial charge >= 0.3 is 5.97 Å². The van der Waals surface area contributed by atoms with Gasteiger partial charge in [-0.3, -0.25) is 14.4 Å². The Hall–Kier alpha value is -2.63.